The van der Waals surface area contributed by atoms with Crippen molar-refractivity contribution in [2.75, 3.05) is 5.75 Å². The maximum atomic E-state index is 10.3. The number of nitrogens with zero attached hydrogens (tertiary/aromatic N) is 1. The number of hydrogen-bond acceptors (Lipinski definition) is 4. The Morgan fingerprint density at radius 1 is 1.62 bits per heavy atom. The minimum absolute atomic E-state index is 0.186. The van der Waals surface area contributed by atoms with Gasteiger partial charge in [-0.25, -0.2) is 0 Å². The van der Waals surface area contributed by atoms with Crippen LogP contribution in [0.1, 0.15) is 11.3 Å². The Bertz CT molecular complexity index is 320. The first kappa shape index (κ1) is 10.3. The van der Waals surface area contributed by atoms with Crippen molar-refractivity contribution in [3.8, 4) is 0 Å². The van der Waals surface area contributed by atoms with Gasteiger partial charge in [0.25, 0.3) is 0 Å². The molecule has 0 aliphatic carbocycles. The maximum Gasteiger partial charge on any atom is 0.324 e. The molecule has 5 heteroatoms. The number of thiophene rings is 1. The van der Waals surface area contributed by atoms with Crippen LogP contribution in [0, 0.1) is 10.1 Å². The molecular formula is C8H9NO2S2. The summed E-state index contributed by atoms with van der Waals surface area (Å²) in [4.78, 5) is 10.9. The SMILES string of the molecule is O=[N+]([O-])c1ccc(C=CCCS)s1. The molecule has 0 aliphatic heterocycles. The van der Waals surface area contributed by atoms with Crippen molar-refractivity contribution >= 4 is 35.0 Å². The van der Waals surface area contributed by atoms with Crippen molar-refractivity contribution in [1.82, 2.24) is 0 Å². The summed E-state index contributed by atoms with van der Waals surface area (Å²) in [5, 5.41) is 10.5. The Kier molecular flexibility index (Phi) is 3.98. The van der Waals surface area contributed by atoms with E-state index in [0.717, 1.165) is 17.1 Å². The average molecular weight is 215 g/mol. The Labute approximate surface area is 85.6 Å². The molecule has 0 fully saturated rings. The molecule has 0 saturated heterocycles. The first-order valence-electron chi connectivity index (χ1n) is 3.75. The molecule has 1 rings (SSSR count). The van der Waals surface area contributed by atoms with E-state index in [1.807, 2.05) is 12.2 Å². The fourth-order valence-electron chi connectivity index (χ4n) is 0.804. The predicted molar refractivity (Wildman–Crippen MR) is 58.5 cm³/mol. The zero-order chi connectivity index (χ0) is 9.68. The molecule has 0 aromatic carbocycles. The molecule has 0 radical (unpaired) electrons. The molecule has 1 aromatic rings. The van der Waals surface area contributed by atoms with Crippen molar-refractivity contribution in [3.63, 3.8) is 0 Å². The number of thiol groups is 1. The first-order chi connectivity index (χ1) is 6.24. The van der Waals surface area contributed by atoms with E-state index < -0.39 is 0 Å². The summed E-state index contributed by atoms with van der Waals surface area (Å²) in [5.74, 6) is 0.796. The van der Waals surface area contributed by atoms with E-state index in [1.54, 1.807) is 6.07 Å². The van der Waals surface area contributed by atoms with Gasteiger partial charge in [0.15, 0.2) is 0 Å². The van der Waals surface area contributed by atoms with Crippen LogP contribution in [-0.4, -0.2) is 10.7 Å². The highest BCUT2D eigenvalue weighted by atomic mass is 32.1. The minimum Gasteiger partial charge on any atom is -0.258 e. The van der Waals surface area contributed by atoms with Crippen LogP contribution < -0.4 is 0 Å². The molecule has 1 aromatic heterocycles. The van der Waals surface area contributed by atoms with Crippen LogP contribution in [0.2, 0.25) is 0 Å². The normalized spacial score (nSPS) is 10.8. The van der Waals surface area contributed by atoms with Gasteiger partial charge in [0.05, 0.1) is 4.92 Å². The lowest BCUT2D eigenvalue weighted by Gasteiger charge is -1.83. The molecule has 0 spiro atoms. The van der Waals surface area contributed by atoms with E-state index in [4.69, 9.17) is 0 Å². The van der Waals surface area contributed by atoms with Gasteiger partial charge in [-0.3, -0.25) is 10.1 Å². The third kappa shape index (κ3) is 3.20. The molecule has 0 atom stereocenters. The van der Waals surface area contributed by atoms with E-state index in [-0.39, 0.29) is 9.92 Å². The molecule has 0 saturated carbocycles. The summed E-state index contributed by atoms with van der Waals surface area (Å²) < 4.78 is 0. The molecule has 0 N–H and O–H groups in total. The van der Waals surface area contributed by atoms with Gasteiger partial charge in [-0.05, 0) is 24.3 Å². The third-order valence-electron chi connectivity index (χ3n) is 1.37. The van der Waals surface area contributed by atoms with Gasteiger partial charge in [0.2, 0.25) is 0 Å². The zero-order valence-electron chi connectivity index (χ0n) is 6.84. The van der Waals surface area contributed by atoms with Gasteiger partial charge in [0.1, 0.15) is 0 Å². The highest BCUT2D eigenvalue weighted by Gasteiger charge is 2.06. The van der Waals surface area contributed by atoms with E-state index in [0.29, 0.717) is 0 Å². The van der Waals surface area contributed by atoms with Crippen LogP contribution in [0.4, 0.5) is 5.00 Å². The number of rotatable bonds is 4. The maximum absolute atomic E-state index is 10.3. The topological polar surface area (TPSA) is 43.1 Å². The molecule has 1 heterocycles. The summed E-state index contributed by atoms with van der Waals surface area (Å²) in [6.07, 6.45) is 4.73. The average Bonchev–Trinajstić information content (AvgIpc) is 2.53. The van der Waals surface area contributed by atoms with E-state index >= 15 is 0 Å². The lowest BCUT2D eigenvalue weighted by Crippen LogP contribution is -1.80. The van der Waals surface area contributed by atoms with Crippen molar-refractivity contribution < 1.29 is 4.92 Å². The summed E-state index contributed by atoms with van der Waals surface area (Å²) in [5.41, 5.74) is 0. The Morgan fingerprint density at radius 3 is 2.92 bits per heavy atom. The lowest BCUT2D eigenvalue weighted by molar-refractivity contribution is -0.380. The molecule has 0 bridgehead atoms. The van der Waals surface area contributed by atoms with Gasteiger partial charge in [-0.2, -0.15) is 12.6 Å². The molecule has 13 heavy (non-hydrogen) atoms. The monoisotopic (exact) mass is 215 g/mol. The summed E-state index contributed by atoms with van der Waals surface area (Å²) >= 11 is 5.23. The fraction of sp³-hybridized carbons (Fsp3) is 0.250. The predicted octanol–water partition coefficient (Wildman–Crippen LogP) is 2.99. The van der Waals surface area contributed by atoms with Gasteiger partial charge in [-0.15, -0.1) is 0 Å². The molecule has 70 valence electrons. The third-order valence-corrected chi connectivity index (χ3v) is 2.63. The van der Waals surface area contributed by atoms with Crippen LogP contribution in [0.3, 0.4) is 0 Å². The van der Waals surface area contributed by atoms with Gasteiger partial charge in [-0.1, -0.05) is 17.4 Å². The second-order valence-electron chi connectivity index (χ2n) is 2.35. The molecule has 0 aliphatic rings. The largest absolute Gasteiger partial charge is 0.324 e. The number of nitro groups is 1. The lowest BCUT2D eigenvalue weighted by atomic mass is 10.3. The Balaban J connectivity index is 2.64. The second kappa shape index (κ2) is 5.04. The second-order valence-corrected chi connectivity index (χ2v) is 3.89. The van der Waals surface area contributed by atoms with E-state index in [1.165, 1.54) is 17.4 Å². The molecule has 0 amide bonds. The summed E-state index contributed by atoms with van der Waals surface area (Å²) in [6, 6.07) is 3.27. The van der Waals surface area contributed by atoms with E-state index in [2.05, 4.69) is 12.6 Å². The van der Waals surface area contributed by atoms with E-state index in [9.17, 15) is 10.1 Å². The highest BCUT2D eigenvalue weighted by molar-refractivity contribution is 7.80. The van der Waals surface area contributed by atoms with Crippen LogP contribution in [0.5, 0.6) is 0 Å². The van der Waals surface area contributed by atoms with Crippen molar-refractivity contribution in [1.29, 1.82) is 0 Å². The van der Waals surface area contributed by atoms with Crippen LogP contribution >= 0.6 is 24.0 Å². The fourth-order valence-corrected chi connectivity index (χ4v) is 1.71. The van der Waals surface area contributed by atoms with Gasteiger partial charge in [0, 0.05) is 10.9 Å². The first-order valence-corrected chi connectivity index (χ1v) is 5.20. The van der Waals surface area contributed by atoms with Crippen LogP contribution in [0.25, 0.3) is 6.08 Å². The quantitative estimate of drug-likeness (QED) is 0.476. The Morgan fingerprint density at radius 2 is 2.38 bits per heavy atom. The van der Waals surface area contributed by atoms with Crippen molar-refractivity contribution in [3.05, 3.63) is 33.2 Å². The van der Waals surface area contributed by atoms with Crippen molar-refractivity contribution in [2.45, 2.75) is 6.42 Å². The standard InChI is InChI=1S/C8H9NO2S2/c10-9(11)8-5-4-7(13-8)3-1-2-6-12/h1,3-5,12H,2,6H2. The number of allylic oxidation sites excluding steroid dienone is 1. The minimum atomic E-state index is -0.374. The van der Waals surface area contributed by atoms with Crippen LogP contribution in [0.15, 0.2) is 18.2 Å². The molecular weight excluding hydrogens is 206 g/mol. The number of hydrogen-bond donors (Lipinski definition) is 1. The Hall–Kier alpha value is -0.810. The summed E-state index contributed by atoms with van der Waals surface area (Å²) in [7, 11) is 0. The van der Waals surface area contributed by atoms with Crippen molar-refractivity contribution in [2.24, 2.45) is 0 Å². The van der Waals surface area contributed by atoms with Crippen LogP contribution in [-0.2, 0) is 0 Å². The molecule has 0 unspecified atom stereocenters. The zero-order valence-corrected chi connectivity index (χ0v) is 8.55. The van der Waals surface area contributed by atoms with Gasteiger partial charge < -0.3 is 0 Å². The highest BCUT2D eigenvalue weighted by Crippen LogP contribution is 2.24. The molecule has 3 nitrogen and oxygen atoms in total. The van der Waals surface area contributed by atoms with Gasteiger partial charge >= 0.3 is 5.00 Å². The summed E-state index contributed by atoms with van der Waals surface area (Å²) in [6.45, 7) is 0. The smallest absolute Gasteiger partial charge is 0.258 e.